The first-order valence-corrected chi connectivity index (χ1v) is 11.2. The molecule has 138 valence electrons. The van der Waals surface area contributed by atoms with Gasteiger partial charge >= 0.3 is 0 Å². The summed E-state index contributed by atoms with van der Waals surface area (Å²) < 4.78 is 23.3. The van der Waals surface area contributed by atoms with Crippen LogP contribution in [0.1, 0.15) is 18.4 Å². The molecule has 2 heterocycles. The fraction of sp³-hybridized carbons (Fsp3) is 0.353. The van der Waals surface area contributed by atoms with Crippen molar-refractivity contribution in [2.45, 2.75) is 18.9 Å². The average molecular weight is 411 g/mol. The molecule has 2 saturated heterocycles. The van der Waals surface area contributed by atoms with Gasteiger partial charge in [-0.05, 0) is 18.1 Å². The second kappa shape index (κ2) is 7.89. The largest absolute Gasteiger partial charge is 0.352 e. The molecule has 2 fully saturated rings. The summed E-state index contributed by atoms with van der Waals surface area (Å²) in [6, 6.07) is 9.14. The minimum absolute atomic E-state index is 0.0143. The number of amides is 2. The lowest BCUT2D eigenvalue weighted by Crippen LogP contribution is -2.38. The summed E-state index contributed by atoms with van der Waals surface area (Å²) in [7, 11) is -3.04. The zero-order valence-electron chi connectivity index (χ0n) is 13.9. The Bertz CT molecular complexity index is 865. The number of thiocarbonyl (C=S) groups is 1. The molecule has 2 amide bonds. The number of nitrogens with one attached hydrogen (secondary N) is 1. The molecule has 3 rings (SSSR count). The molecule has 1 N–H and O–H groups in total. The van der Waals surface area contributed by atoms with Gasteiger partial charge in [-0.2, -0.15) is 0 Å². The van der Waals surface area contributed by atoms with Crippen LogP contribution >= 0.6 is 24.0 Å². The van der Waals surface area contributed by atoms with E-state index in [2.05, 4.69) is 5.32 Å². The van der Waals surface area contributed by atoms with E-state index in [4.69, 9.17) is 12.2 Å². The molecule has 2 aliphatic heterocycles. The molecular weight excluding hydrogens is 392 g/mol. The third kappa shape index (κ3) is 4.72. The van der Waals surface area contributed by atoms with Crippen LogP contribution < -0.4 is 5.32 Å². The van der Waals surface area contributed by atoms with E-state index in [9.17, 15) is 18.0 Å². The van der Waals surface area contributed by atoms with E-state index in [-0.39, 0.29) is 42.3 Å². The zero-order valence-corrected chi connectivity index (χ0v) is 16.3. The van der Waals surface area contributed by atoms with E-state index in [0.29, 0.717) is 15.6 Å². The van der Waals surface area contributed by atoms with Crippen LogP contribution in [-0.2, 0) is 19.4 Å². The predicted octanol–water partition coefficient (Wildman–Crippen LogP) is 1.58. The van der Waals surface area contributed by atoms with Gasteiger partial charge in [-0.3, -0.25) is 14.5 Å². The molecule has 1 aromatic rings. The van der Waals surface area contributed by atoms with Crippen LogP contribution in [0, 0.1) is 0 Å². The summed E-state index contributed by atoms with van der Waals surface area (Å²) in [5.74, 6) is -0.385. The highest BCUT2D eigenvalue weighted by atomic mass is 32.2. The summed E-state index contributed by atoms with van der Waals surface area (Å²) in [4.78, 5) is 26.5. The fourth-order valence-corrected chi connectivity index (χ4v) is 5.80. The van der Waals surface area contributed by atoms with Gasteiger partial charge in [0.1, 0.15) is 4.32 Å². The quantitative estimate of drug-likeness (QED) is 0.586. The van der Waals surface area contributed by atoms with Crippen molar-refractivity contribution in [2.24, 2.45) is 0 Å². The Hall–Kier alpha value is -1.71. The molecule has 0 aliphatic carbocycles. The Morgan fingerprint density at radius 1 is 1.35 bits per heavy atom. The van der Waals surface area contributed by atoms with E-state index in [1.807, 2.05) is 30.3 Å². The topological polar surface area (TPSA) is 83.6 Å². The zero-order chi connectivity index (χ0) is 18.7. The van der Waals surface area contributed by atoms with Crippen molar-refractivity contribution in [3.8, 4) is 0 Å². The van der Waals surface area contributed by atoms with Gasteiger partial charge in [0.05, 0.1) is 16.4 Å². The fourth-order valence-electron chi connectivity index (χ4n) is 2.82. The van der Waals surface area contributed by atoms with E-state index in [0.717, 1.165) is 5.56 Å². The van der Waals surface area contributed by atoms with Crippen LogP contribution in [0.3, 0.4) is 0 Å². The highest BCUT2D eigenvalue weighted by molar-refractivity contribution is 8.26. The maximum atomic E-state index is 12.5. The van der Waals surface area contributed by atoms with Crippen LogP contribution in [0.25, 0.3) is 6.08 Å². The molecule has 0 unspecified atom stereocenters. The van der Waals surface area contributed by atoms with Crippen LogP contribution in [-0.4, -0.2) is 53.5 Å². The summed E-state index contributed by atoms with van der Waals surface area (Å²) in [6.45, 7) is 0.183. The normalized spacial score (nSPS) is 23.6. The number of carbonyl (C=O) groups excluding carboxylic acids is 2. The van der Waals surface area contributed by atoms with Crippen LogP contribution in [0.5, 0.6) is 0 Å². The highest BCUT2D eigenvalue weighted by Crippen LogP contribution is 2.32. The molecule has 0 bridgehead atoms. The van der Waals surface area contributed by atoms with Crippen molar-refractivity contribution < 1.29 is 18.0 Å². The first-order chi connectivity index (χ1) is 12.3. The summed E-state index contributed by atoms with van der Waals surface area (Å²) >= 11 is 6.47. The number of carbonyl (C=O) groups is 2. The lowest BCUT2D eigenvalue weighted by Gasteiger charge is -2.15. The smallest absolute Gasteiger partial charge is 0.266 e. The molecule has 1 atom stereocenters. The highest BCUT2D eigenvalue weighted by Gasteiger charge is 2.33. The van der Waals surface area contributed by atoms with Crippen molar-refractivity contribution in [3.63, 3.8) is 0 Å². The number of sulfone groups is 1. The SMILES string of the molecule is O=C(CCN1C(=O)/C(=C/c2ccccc2)SC1=S)N[C@H]1CCS(=O)(=O)C1. The summed E-state index contributed by atoms with van der Waals surface area (Å²) in [5, 5.41) is 2.72. The molecule has 0 saturated carbocycles. The molecule has 0 radical (unpaired) electrons. The van der Waals surface area contributed by atoms with Gasteiger partial charge in [0, 0.05) is 19.0 Å². The number of nitrogens with zero attached hydrogens (tertiary/aromatic N) is 1. The summed E-state index contributed by atoms with van der Waals surface area (Å²) in [6.07, 6.45) is 2.30. The van der Waals surface area contributed by atoms with Gasteiger partial charge < -0.3 is 5.32 Å². The minimum Gasteiger partial charge on any atom is -0.352 e. The van der Waals surface area contributed by atoms with Gasteiger partial charge in [-0.25, -0.2) is 8.42 Å². The van der Waals surface area contributed by atoms with Crippen molar-refractivity contribution in [3.05, 3.63) is 40.8 Å². The molecule has 0 aromatic heterocycles. The maximum Gasteiger partial charge on any atom is 0.266 e. The predicted molar refractivity (Wildman–Crippen MR) is 106 cm³/mol. The first kappa shape index (κ1) is 19.1. The third-order valence-electron chi connectivity index (χ3n) is 4.13. The number of rotatable bonds is 5. The Morgan fingerprint density at radius 3 is 2.73 bits per heavy atom. The molecule has 1 aromatic carbocycles. The van der Waals surface area contributed by atoms with Crippen molar-refractivity contribution in [1.29, 1.82) is 0 Å². The molecule has 6 nitrogen and oxygen atoms in total. The Kier molecular flexibility index (Phi) is 5.79. The Morgan fingerprint density at radius 2 is 2.08 bits per heavy atom. The van der Waals surface area contributed by atoms with Crippen LogP contribution in [0.2, 0.25) is 0 Å². The van der Waals surface area contributed by atoms with Crippen LogP contribution in [0.4, 0.5) is 0 Å². The molecule has 2 aliphatic rings. The number of hydrogen-bond acceptors (Lipinski definition) is 6. The monoisotopic (exact) mass is 410 g/mol. The van der Waals surface area contributed by atoms with Gasteiger partial charge in [0.15, 0.2) is 9.84 Å². The lowest BCUT2D eigenvalue weighted by molar-refractivity contribution is -0.124. The van der Waals surface area contributed by atoms with Gasteiger partial charge in [-0.1, -0.05) is 54.3 Å². The van der Waals surface area contributed by atoms with Gasteiger partial charge in [0.25, 0.3) is 5.91 Å². The van der Waals surface area contributed by atoms with E-state index in [1.165, 1.54) is 16.7 Å². The minimum atomic E-state index is -3.04. The standard InChI is InChI=1S/C17H18N2O4S3/c20-15(18-13-7-9-26(22,23)11-13)6-8-19-16(21)14(25-17(19)24)10-12-4-2-1-3-5-12/h1-5,10,13H,6-9,11H2,(H,18,20)/b14-10-/t13-/m0/s1. The lowest BCUT2D eigenvalue weighted by atomic mass is 10.2. The number of thioether (sulfide) groups is 1. The van der Waals surface area contributed by atoms with E-state index in [1.54, 1.807) is 6.08 Å². The van der Waals surface area contributed by atoms with Crippen molar-refractivity contribution >= 4 is 56.0 Å². The van der Waals surface area contributed by atoms with Crippen molar-refractivity contribution in [1.82, 2.24) is 10.2 Å². The van der Waals surface area contributed by atoms with Gasteiger partial charge in [0.2, 0.25) is 5.91 Å². The maximum absolute atomic E-state index is 12.5. The Labute approximate surface area is 161 Å². The second-order valence-electron chi connectivity index (χ2n) is 6.16. The first-order valence-electron chi connectivity index (χ1n) is 8.14. The summed E-state index contributed by atoms with van der Waals surface area (Å²) in [5.41, 5.74) is 0.910. The van der Waals surface area contributed by atoms with E-state index < -0.39 is 9.84 Å². The van der Waals surface area contributed by atoms with Crippen molar-refractivity contribution in [2.75, 3.05) is 18.1 Å². The second-order valence-corrected chi connectivity index (χ2v) is 10.1. The average Bonchev–Trinajstić information content (AvgIpc) is 3.06. The third-order valence-corrected chi connectivity index (χ3v) is 7.28. The molecule has 9 heteroatoms. The molecule has 0 spiro atoms. The Balaban J connectivity index is 1.55. The van der Waals surface area contributed by atoms with Crippen LogP contribution in [0.15, 0.2) is 35.2 Å². The van der Waals surface area contributed by atoms with Gasteiger partial charge in [-0.15, -0.1) is 0 Å². The molecular formula is C17H18N2O4S3. The molecule has 26 heavy (non-hydrogen) atoms. The van der Waals surface area contributed by atoms with E-state index >= 15 is 0 Å². The number of hydrogen-bond donors (Lipinski definition) is 1. The number of benzene rings is 1.